The summed E-state index contributed by atoms with van der Waals surface area (Å²) in [6, 6.07) is 1.09. The number of halogens is 1. The molecule has 0 spiro atoms. The first kappa shape index (κ1) is 7.32. The fourth-order valence-electron chi connectivity index (χ4n) is 1.80. The largest absolute Gasteiger partial charge is 0.391 e. The maximum Gasteiger partial charge on any atom is 0.0708 e. The van der Waals surface area contributed by atoms with E-state index in [1.807, 2.05) is 0 Å². The van der Waals surface area contributed by atoms with Crippen LogP contribution < -0.4 is 5.32 Å². The van der Waals surface area contributed by atoms with Crippen LogP contribution >= 0.6 is 12.4 Å². The molecule has 0 amide bonds. The number of fused-ring (bicyclic) bond motifs is 2. The minimum Gasteiger partial charge on any atom is -0.391 e. The summed E-state index contributed by atoms with van der Waals surface area (Å²) in [5.41, 5.74) is 0. The second-order valence-electron chi connectivity index (χ2n) is 2.85. The van der Waals surface area contributed by atoms with Crippen molar-refractivity contribution in [2.24, 2.45) is 0 Å². The normalized spacial score (nSPS) is 47.0. The van der Waals surface area contributed by atoms with Gasteiger partial charge in [0.25, 0.3) is 0 Å². The van der Waals surface area contributed by atoms with Gasteiger partial charge in [0.2, 0.25) is 0 Å². The summed E-state index contributed by atoms with van der Waals surface area (Å²) in [5.74, 6) is 0. The Morgan fingerprint density at radius 1 is 1.33 bits per heavy atom. The molecule has 3 unspecified atom stereocenters. The van der Waals surface area contributed by atoms with Crippen molar-refractivity contribution in [3.8, 4) is 0 Å². The number of aliphatic hydroxyl groups is 1. The van der Waals surface area contributed by atoms with Crippen molar-refractivity contribution < 1.29 is 5.11 Å². The lowest BCUT2D eigenvalue weighted by molar-refractivity contribution is 0.145. The molecule has 0 aromatic rings. The molecule has 2 bridgehead atoms. The van der Waals surface area contributed by atoms with Crippen molar-refractivity contribution >= 4 is 12.4 Å². The molecular weight excluding hydrogens is 138 g/mol. The second-order valence-corrected chi connectivity index (χ2v) is 2.85. The van der Waals surface area contributed by atoms with Gasteiger partial charge >= 0.3 is 0 Å². The molecule has 3 atom stereocenters. The van der Waals surface area contributed by atoms with Gasteiger partial charge in [-0.2, -0.15) is 0 Å². The molecule has 2 N–H and O–H groups in total. The van der Waals surface area contributed by atoms with Gasteiger partial charge in [-0.25, -0.2) is 0 Å². The lowest BCUT2D eigenvalue weighted by atomic mass is 9.98. The van der Waals surface area contributed by atoms with Gasteiger partial charge in [0.1, 0.15) is 0 Å². The average Bonchev–Trinajstić information content (AvgIpc) is 2.23. The highest BCUT2D eigenvalue weighted by molar-refractivity contribution is 5.85. The predicted octanol–water partition coefficient (Wildman–Crippen LogP) is 0.293. The number of nitrogens with one attached hydrogen (secondary N) is 1. The van der Waals surface area contributed by atoms with E-state index in [0.29, 0.717) is 12.1 Å². The highest BCUT2D eigenvalue weighted by atomic mass is 35.5. The van der Waals surface area contributed by atoms with Crippen LogP contribution in [0.2, 0.25) is 0 Å². The third kappa shape index (κ3) is 1.07. The smallest absolute Gasteiger partial charge is 0.0708 e. The van der Waals surface area contributed by atoms with Gasteiger partial charge in [-0.05, 0) is 19.3 Å². The Labute approximate surface area is 61.0 Å². The zero-order valence-electron chi connectivity index (χ0n) is 5.21. The lowest BCUT2D eigenvalue weighted by Gasteiger charge is -2.12. The highest BCUT2D eigenvalue weighted by Gasteiger charge is 2.37. The SMILES string of the molecule is Cl.OC1CC2CCC1N2. The van der Waals surface area contributed by atoms with Crippen LogP contribution in [0.4, 0.5) is 0 Å². The van der Waals surface area contributed by atoms with Gasteiger partial charge < -0.3 is 10.4 Å². The third-order valence-electron chi connectivity index (χ3n) is 2.27. The molecule has 0 saturated carbocycles. The van der Waals surface area contributed by atoms with E-state index < -0.39 is 0 Å². The molecule has 0 radical (unpaired) electrons. The van der Waals surface area contributed by atoms with E-state index in [1.54, 1.807) is 0 Å². The van der Waals surface area contributed by atoms with Crippen LogP contribution in [0.25, 0.3) is 0 Å². The molecule has 54 valence electrons. The molecule has 2 fully saturated rings. The Morgan fingerprint density at radius 3 is 2.33 bits per heavy atom. The van der Waals surface area contributed by atoms with Crippen molar-refractivity contribution in [2.45, 2.75) is 37.5 Å². The first-order valence-corrected chi connectivity index (χ1v) is 3.30. The van der Waals surface area contributed by atoms with Crippen LogP contribution in [0.3, 0.4) is 0 Å². The Balaban J connectivity index is 0.000000405. The first-order chi connectivity index (χ1) is 3.86. The Bertz CT molecular complexity index is 107. The number of aliphatic hydroxyl groups excluding tert-OH is 1. The third-order valence-corrected chi connectivity index (χ3v) is 2.27. The molecular formula is C6H12ClNO. The molecule has 2 nitrogen and oxygen atoms in total. The molecule has 2 saturated heterocycles. The van der Waals surface area contributed by atoms with E-state index >= 15 is 0 Å². The van der Waals surface area contributed by atoms with E-state index in [2.05, 4.69) is 5.32 Å². The molecule has 9 heavy (non-hydrogen) atoms. The Morgan fingerprint density at radius 2 is 2.11 bits per heavy atom. The minimum absolute atomic E-state index is 0. The van der Waals surface area contributed by atoms with E-state index in [-0.39, 0.29) is 18.5 Å². The molecule has 2 heterocycles. The van der Waals surface area contributed by atoms with Gasteiger partial charge in [-0.3, -0.25) is 0 Å². The predicted molar refractivity (Wildman–Crippen MR) is 37.8 cm³/mol. The van der Waals surface area contributed by atoms with Gasteiger partial charge in [0.05, 0.1) is 6.10 Å². The van der Waals surface area contributed by atoms with Crippen molar-refractivity contribution in [2.75, 3.05) is 0 Å². The highest BCUT2D eigenvalue weighted by Crippen LogP contribution is 2.27. The van der Waals surface area contributed by atoms with Crippen LogP contribution in [-0.4, -0.2) is 23.3 Å². The van der Waals surface area contributed by atoms with Gasteiger partial charge in [0, 0.05) is 12.1 Å². The first-order valence-electron chi connectivity index (χ1n) is 3.30. The summed E-state index contributed by atoms with van der Waals surface area (Å²) >= 11 is 0. The summed E-state index contributed by atoms with van der Waals surface area (Å²) < 4.78 is 0. The van der Waals surface area contributed by atoms with E-state index in [1.165, 1.54) is 12.8 Å². The fraction of sp³-hybridized carbons (Fsp3) is 1.00. The van der Waals surface area contributed by atoms with Gasteiger partial charge in [-0.1, -0.05) is 0 Å². The van der Waals surface area contributed by atoms with E-state index in [9.17, 15) is 0 Å². The zero-order chi connectivity index (χ0) is 5.56. The van der Waals surface area contributed by atoms with Gasteiger partial charge in [-0.15, -0.1) is 12.4 Å². The summed E-state index contributed by atoms with van der Waals surface area (Å²) in [5, 5.41) is 12.5. The van der Waals surface area contributed by atoms with Crippen molar-refractivity contribution in [1.29, 1.82) is 0 Å². The number of hydrogen-bond donors (Lipinski definition) is 2. The molecule has 0 aliphatic carbocycles. The molecule has 2 aliphatic rings. The zero-order valence-corrected chi connectivity index (χ0v) is 6.03. The van der Waals surface area contributed by atoms with E-state index in [4.69, 9.17) is 5.11 Å². The summed E-state index contributed by atoms with van der Waals surface area (Å²) in [6.45, 7) is 0. The molecule has 0 aromatic heterocycles. The molecule has 0 aromatic carbocycles. The maximum absolute atomic E-state index is 9.16. The molecule has 2 rings (SSSR count). The standard InChI is InChI=1S/C6H11NO.ClH/c8-6-3-4-1-2-5(6)7-4;/h4-8H,1-3H2;1H. The molecule has 3 heteroatoms. The van der Waals surface area contributed by atoms with Gasteiger partial charge in [0.15, 0.2) is 0 Å². The van der Waals surface area contributed by atoms with E-state index in [0.717, 1.165) is 6.42 Å². The van der Waals surface area contributed by atoms with Crippen LogP contribution in [0.5, 0.6) is 0 Å². The minimum atomic E-state index is -0.0336. The van der Waals surface area contributed by atoms with Crippen LogP contribution in [-0.2, 0) is 0 Å². The fourth-order valence-corrected chi connectivity index (χ4v) is 1.80. The topological polar surface area (TPSA) is 32.3 Å². The van der Waals surface area contributed by atoms with Crippen molar-refractivity contribution in [3.05, 3.63) is 0 Å². The monoisotopic (exact) mass is 149 g/mol. The van der Waals surface area contributed by atoms with Crippen molar-refractivity contribution in [3.63, 3.8) is 0 Å². The lowest BCUT2D eigenvalue weighted by Crippen LogP contribution is -2.26. The summed E-state index contributed by atoms with van der Waals surface area (Å²) in [6.07, 6.45) is 3.42. The van der Waals surface area contributed by atoms with Crippen LogP contribution in [0.1, 0.15) is 19.3 Å². The molecule has 2 aliphatic heterocycles. The van der Waals surface area contributed by atoms with Crippen molar-refractivity contribution in [1.82, 2.24) is 5.32 Å². The Hall–Kier alpha value is 0.210. The average molecular weight is 150 g/mol. The maximum atomic E-state index is 9.16. The summed E-state index contributed by atoms with van der Waals surface area (Å²) in [7, 11) is 0. The quantitative estimate of drug-likeness (QED) is 0.519. The number of rotatable bonds is 0. The number of hydrogen-bond acceptors (Lipinski definition) is 2. The summed E-state index contributed by atoms with van der Waals surface area (Å²) in [4.78, 5) is 0. The van der Waals surface area contributed by atoms with Crippen LogP contribution in [0.15, 0.2) is 0 Å². The second kappa shape index (κ2) is 2.45. The van der Waals surface area contributed by atoms with Crippen LogP contribution in [0, 0.1) is 0 Å². The Kier molecular flexibility index (Phi) is 1.99.